The maximum Gasteiger partial charge on any atom is 0.187 e. The van der Waals surface area contributed by atoms with Gasteiger partial charge in [-0.3, -0.25) is 0 Å². The van der Waals surface area contributed by atoms with Gasteiger partial charge in [0, 0.05) is 0 Å². The normalized spacial score (nSPS) is 52.6. The SMILES string of the molecule is CC(C)(O)/C=C\C[C@](C)(O[C@@H]1O[C@H](CO[C@@H]2O[C@H](CO)[C@@H](O)[C@H](O)[C@H]2O)[C@@H](O)[C@H](O)[C@H]1O)[C@H]1CC[C@]2(C)[C@@H]1[C@H](O)C[C@@H]1[C@@]3(C)CC[C@H](O[C@@H]4O[C@H](CO)[C@@H](O)[C@H](O)[C@H]4O[C@@H]4O[C@H](CO)[C@@H](O)[C@H](O)[C@H]4O)C(C)(C)[C@@H]3CC[C@]12C. The summed E-state index contributed by atoms with van der Waals surface area (Å²) in [6.07, 6.45) is -25.7. The van der Waals surface area contributed by atoms with Crippen LogP contribution in [-0.2, 0) is 37.9 Å². The van der Waals surface area contributed by atoms with E-state index in [2.05, 4.69) is 34.6 Å². The summed E-state index contributed by atoms with van der Waals surface area (Å²) in [6, 6.07) is 0. The first-order valence-electron chi connectivity index (χ1n) is 28.0. The molecule has 0 spiro atoms. The quantitative estimate of drug-likeness (QED) is 0.0534. The summed E-state index contributed by atoms with van der Waals surface area (Å²) in [5.74, 6) is -0.746. The summed E-state index contributed by atoms with van der Waals surface area (Å²) >= 11 is 0. The summed E-state index contributed by atoms with van der Waals surface area (Å²) < 4.78 is 48.7. The van der Waals surface area contributed by atoms with Gasteiger partial charge in [0.1, 0.15) is 97.7 Å². The van der Waals surface area contributed by atoms with Gasteiger partial charge in [-0.1, -0.05) is 46.8 Å². The predicted molar refractivity (Wildman–Crippen MR) is 268 cm³/mol. The minimum atomic E-state index is -1.83. The van der Waals surface area contributed by atoms with Gasteiger partial charge >= 0.3 is 0 Å². The average molecular weight is 1130 g/mol. The fourth-order valence-electron chi connectivity index (χ4n) is 16.1. The lowest BCUT2D eigenvalue weighted by molar-refractivity contribution is -0.378. The number of rotatable bonds is 16. The van der Waals surface area contributed by atoms with E-state index in [0.29, 0.717) is 32.1 Å². The molecule has 8 rings (SSSR count). The highest BCUT2D eigenvalue weighted by Crippen LogP contribution is 2.76. The largest absolute Gasteiger partial charge is 0.394 e. The van der Waals surface area contributed by atoms with Crippen molar-refractivity contribution < 1.29 is 120 Å². The minimum absolute atomic E-state index is 0.00485. The molecule has 4 aliphatic heterocycles. The molecule has 4 heterocycles. The van der Waals surface area contributed by atoms with Gasteiger partial charge in [0.2, 0.25) is 0 Å². The molecule has 24 nitrogen and oxygen atoms in total. The van der Waals surface area contributed by atoms with Crippen molar-refractivity contribution in [1.29, 1.82) is 0 Å². The van der Waals surface area contributed by atoms with Crippen molar-refractivity contribution in [3.05, 3.63) is 12.2 Å². The Kier molecular flexibility index (Phi) is 18.8. The Hall–Kier alpha value is -1.22. The molecule has 452 valence electrons. The third kappa shape index (κ3) is 11.1. The molecular formula is C54H92O24. The standard InChI is InChI=1S/C54H92O24/c1-49(2,70)13-9-14-54(8,78-47-43(69)39(65)36(62)28(75-47)22-71-45-41(67)37(63)33(59)25(19-55)72-45)23-10-16-53(7)32(23)24(58)18-30-51(5)15-12-31(50(3,4)29(51)11-17-52(30,53)6)76-48-44(40(66)35(61)27(21-57)74-48)77-46-42(68)38(64)34(60)26(20-56)73-46/h9,13,23-48,55-70H,10-12,14-22H2,1-8H3/b13-9-/t23-,24+,25+,26+,27+,28+,29-,30+,31-,32-,33+,34+,35+,36+,37-,38-,39-,40-,41+,42+,43+,44+,45+,46-,47-,48-,51-,52+,53+,54-/m0/s1. The minimum Gasteiger partial charge on any atom is -0.394 e. The molecule has 24 heteroatoms. The zero-order valence-electron chi connectivity index (χ0n) is 46.1. The smallest absolute Gasteiger partial charge is 0.187 e. The molecule has 0 aromatic heterocycles. The number of ether oxygens (including phenoxy) is 8. The van der Waals surface area contributed by atoms with Gasteiger partial charge in [0.05, 0.1) is 49.8 Å². The highest BCUT2D eigenvalue weighted by molar-refractivity contribution is 5.21. The van der Waals surface area contributed by atoms with Gasteiger partial charge < -0.3 is 120 Å². The van der Waals surface area contributed by atoms with E-state index in [4.69, 9.17) is 37.9 Å². The van der Waals surface area contributed by atoms with Gasteiger partial charge in [-0.15, -0.1) is 0 Å². The monoisotopic (exact) mass is 1120 g/mol. The molecule has 0 radical (unpaired) electrons. The van der Waals surface area contributed by atoms with Crippen LogP contribution in [0.5, 0.6) is 0 Å². The van der Waals surface area contributed by atoms with Crippen LogP contribution in [0.3, 0.4) is 0 Å². The summed E-state index contributed by atoms with van der Waals surface area (Å²) in [5, 5.41) is 173. The van der Waals surface area contributed by atoms with E-state index in [1.807, 2.05) is 6.92 Å². The second-order valence-corrected chi connectivity index (χ2v) is 26.2. The molecular weight excluding hydrogens is 1030 g/mol. The molecule has 16 N–H and O–H groups in total. The Morgan fingerprint density at radius 3 is 1.60 bits per heavy atom. The van der Waals surface area contributed by atoms with E-state index in [1.54, 1.807) is 26.0 Å². The molecule has 8 fully saturated rings. The highest BCUT2D eigenvalue weighted by atomic mass is 16.8. The van der Waals surface area contributed by atoms with Crippen molar-refractivity contribution in [2.24, 2.45) is 45.3 Å². The van der Waals surface area contributed by atoms with Gasteiger partial charge in [-0.2, -0.15) is 0 Å². The maximum atomic E-state index is 12.8. The van der Waals surface area contributed by atoms with Crippen LogP contribution >= 0.6 is 0 Å². The fourth-order valence-corrected chi connectivity index (χ4v) is 16.1. The summed E-state index contributed by atoms with van der Waals surface area (Å²) in [6.45, 7) is 13.5. The first-order valence-corrected chi connectivity index (χ1v) is 28.0. The van der Waals surface area contributed by atoms with Gasteiger partial charge in [0.25, 0.3) is 0 Å². The van der Waals surface area contributed by atoms with Crippen LogP contribution in [0.2, 0.25) is 0 Å². The molecule has 30 atom stereocenters. The number of aliphatic hydroxyl groups is 16. The predicted octanol–water partition coefficient (Wildman–Crippen LogP) is -3.23. The third-order valence-electron chi connectivity index (χ3n) is 20.7. The van der Waals surface area contributed by atoms with Crippen LogP contribution in [0.4, 0.5) is 0 Å². The number of hydrogen-bond donors (Lipinski definition) is 16. The lowest BCUT2D eigenvalue weighted by atomic mass is 9.35. The molecule has 8 aliphatic rings. The Bertz CT molecular complexity index is 2030. The van der Waals surface area contributed by atoms with Crippen LogP contribution in [0, 0.1) is 45.3 Å². The summed E-state index contributed by atoms with van der Waals surface area (Å²) in [5.41, 5.74) is -4.24. The van der Waals surface area contributed by atoms with Crippen molar-refractivity contribution in [1.82, 2.24) is 0 Å². The van der Waals surface area contributed by atoms with Crippen LogP contribution in [-0.4, -0.2) is 254 Å². The van der Waals surface area contributed by atoms with Gasteiger partial charge in [-0.25, -0.2) is 0 Å². The van der Waals surface area contributed by atoms with Crippen molar-refractivity contribution >= 4 is 0 Å². The molecule has 4 saturated carbocycles. The number of fused-ring (bicyclic) bond motifs is 5. The van der Waals surface area contributed by atoms with Crippen LogP contribution < -0.4 is 0 Å². The molecule has 0 amide bonds. The summed E-state index contributed by atoms with van der Waals surface area (Å²) in [7, 11) is 0. The lowest BCUT2D eigenvalue weighted by Gasteiger charge is -2.71. The molecule has 0 unspecified atom stereocenters. The molecule has 0 aromatic rings. The second kappa shape index (κ2) is 23.3. The van der Waals surface area contributed by atoms with E-state index in [9.17, 15) is 81.7 Å². The van der Waals surface area contributed by atoms with E-state index in [-0.39, 0.29) is 40.9 Å². The van der Waals surface area contributed by atoms with E-state index in [1.165, 1.54) is 0 Å². The molecule has 4 aliphatic carbocycles. The number of hydrogen-bond acceptors (Lipinski definition) is 24. The van der Waals surface area contributed by atoms with Crippen molar-refractivity contribution in [3.63, 3.8) is 0 Å². The first-order chi connectivity index (χ1) is 36.3. The molecule has 0 aromatic carbocycles. The lowest BCUT2D eigenvalue weighted by Crippen LogP contribution is -2.68. The molecule has 78 heavy (non-hydrogen) atoms. The Labute approximate surface area is 455 Å². The third-order valence-corrected chi connectivity index (χ3v) is 20.7. The highest BCUT2D eigenvalue weighted by Gasteiger charge is 2.72. The van der Waals surface area contributed by atoms with Crippen molar-refractivity contribution in [2.75, 3.05) is 26.4 Å². The van der Waals surface area contributed by atoms with E-state index >= 15 is 0 Å². The van der Waals surface area contributed by atoms with Gasteiger partial charge in [-0.05, 0) is 117 Å². The summed E-state index contributed by atoms with van der Waals surface area (Å²) in [4.78, 5) is 0. The zero-order chi connectivity index (χ0) is 57.6. The molecule has 4 saturated heterocycles. The van der Waals surface area contributed by atoms with E-state index < -0.39 is 183 Å². The van der Waals surface area contributed by atoms with Crippen LogP contribution in [0.15, 0.2) is 12.2 Å². The fraction of sp³-hybridized carbons (Fsp3) is 0.963. The topological polar surface area (TPSA) is 398 Å². The second-order valence-electron chi connectivity index (χ2n) is 26.2. The van der Waals surface area contributed by atoms with Crippen LogP contribution in [0.25, 0.3) is 0 Å². The van der Waals surface area contributed by atoms with Crippen molar-refractivity contribution in [2.45, 2.75) is 253 Å². The number of aliphatic hydroxyl groups excluding tert-OH is 15. The Morgan fingerprint density at radius 2 is 1.03 bits per heavy atom. The Balaban J connectivity index is 1.02. The zero-order valence-corrected chi connectivity index (χ0v) is 46.1. The molecule has 0 bridgehead atoms. The Morgan fingerprint density at radius 1 is 0.526 bits per heavy atom. The maximum absolute atomic E-state index is 12.8. The first kappa shape index (κ1) is 62.8. The average Bonchev–Trinajstić information content (AvgIpc) is 3.95. The van der Waals surface area contributed by atoms with Gasteiger partial charge in [0.15, 0.2) is 25.2 Å². The van der Waals surface area contributed by atoms with Crippen LogP contribution in [0.1, 0.15) is 107 Å². The van der Waals surface area contributed by atoms with E-state index in [0.717, 1.165) is 12.8 Å². The van der Waals surface area contributed by atoms with Crippen molar-refractivity contribution in [3.8, 4) is 0 Å².